The van der Waals surface area contributed by atoms with Crippen molar-refractivity contribution in [1.82, 2.24) is 4.90 Å². The van der Waals surface area contributed by atoms with Gasteiger partial charge >= 0.3 is 6.09 Å². The van der Waals surface area contributed by atoms with Crippen molar-refractivity contribution in [3.63, 3.8) is 0 Å². The molecule has 0 bridgehead atoms. The lowest BCUT2D eigenvalue weighted by Crippen LogP contribution is -2.54. The summed E-state index contributed by atoms with van der Waals surface area (Å²) in [5.74, 6) is 0. The Morgan fingerprint density at radius 1 is 1.50 bits per heavy atom. The minimum atomic E-state index is -0.884. The molecule has 20 heavy (non-hydrogen) atoms. The highest BCUT2D eigenvalue weighted by atomic mass is 16.6. The fraction of sp³-hybridized carbons (Fsp3) is 0.562. The average Bonchev–Trinajstić information content (AvgIpc) is 3.09. The lowest BCUT2D eigenvalue weighted by Gasteiger charge is -2.39. The quantitative estimate of drug-likeness (QED) is 0.860. The number of hydrogen-bond donors (Lipinski definition) is 1. The third-order valence-corrected chi connectivity index (χ3v) is 3.58. The van der Waals surface area contributed by atoms with Crippen molar-refractivity contribution in [3.8, 4) is 0 Å². The Kier molecular flexibility index (Phi) is 4.04. The van der Waals surface area contributed by atoms with Crippen LogP contribution in [0.25, 0.3) is 0 Å². The second-order valence-electron chi connectivity index (χ2n) is 6.46. The Morgan fingerprint density at radius 3 is 2.60 bits per heavy atom. The van der Waals surface area contributed by atoms with Crippen LogP contribution in [0.3, 0.4) is 0 Å². The number of benzene rings is 1. The van der Waals surface area contributed by atoms with Crippen molar-refractivity contribution >= 4 is 6.09 Å². The van der Waals surface area contributed by atoms with Gasteiger partial charge < -0.3 is 9.84 Å². The van der Waals surface area contributed by atoms with Gasteiger partial charge in [0.25, 0.3) is 0 Å². The van der Waals surface area contributed by atoms with Gasteiger partial charge in [0.15, 0.2) is 0 Å². The van der Waals surface area contributed by atoms with Gasteiger partial charge in [0.05, 0.1) is 12.6 Å². The molecule has 0 saturated carbocycles. The van der Waals surface area contributed by atoms with E-state index in [1.807, 2.05) is 45.9 Å². The van der Waals surface area contributed by atoms with Crippen molar-refractivity contribution in [3.05, 3.63) is 35.4 Å². The monoisotopic (exact) mass is 277 g/mol. The Labute approximate surface area is 120 Å². The van der Waals surface area contributed by atoms with Crippen LogP contribution in [0.5, 0.6) is 0 Å². The first-order valence-corrected chi connectivity index (χ1v) is 6.98. The van der Waals surface area contributed by atoms with Gasteiger partial charge in [0.1, 0.15) is 6.10 Å². The Hall–Kier alpha value is -1.55. The number of carbonyl (C=O) groups is 1. The third-order valence-electron chi connectivity index (χ3n) is 3.58. The zero-order chi connectivity index (χ0) is 14.9. The van der Waals surface area contributed by atoms with Crippen LogP contribution in [-0.4, -0.2) is 40.4 Å². The molecule has 0 aromatic heterocycles. The number of hydrogen-bond acceptors (Lipinski definition) is 2. The maximum Gasteiger partial charge on any atom is 0.408 e. The summed E-state index contributed by atoms with van der Waals surface area (Å²) >= 11 is 0. The van der Waals surface area contributed by atoms with Crippen molar-refractivity contribution in [2.45, 2.75) is 51.8 Å². The lowest BCUT2D eigenvalue weighted by atomic mass is 9.96. The van der Waals surface area contributed by atoms with E-state index in [4.69, 9.17) is 4.74 Å². The molecule has 4 nitrogen and oxygen atoms in total. The summed E-state index contributed by atoms with van der Waals surface area (Å²) in [7, 11) is 0. The normalized spacial score (nSPS) is 19.5. The minimum absolute atomic E-state index is 0.0193. The van der Waals surface area contributed by atoms with E-state index in [9.17, 15) is 9.90 Å². The van der Waals surface area contributed by atoms with Gasteiger partial charge in [0, 0.05) is 5.54 Å². The molecule has 4 heteroatoms. The molecule has 1 aromatic carbocycles. The van der Waals surface area contributed by atoms with Crippen LogP contribution in [0, 0.1) is 6.92 Å². The van der Waals surface area contributed by atoms with E-state index >= 15 is 0 Å². The number of nitrogens with zero attached hydrogens (tertiary/aromatic N) is 1. The Balaban J connectivity index is 2.24. The van der Waals surface area contributed by atoms with Gasteiger partial charge in [0.2, 0.25) is 0 Å². The fourth-order valence-electron chi connectivity index (χ4n) is 2.67. The summed E-state index contributed by atoms with van der Waals surface area (Å²) in [4.78, 5) is 13.2. The molecule has 1 aliphatic rings. The molecular weight excluding hydrogens is 254 g/mol. The minimum Gasteiger partial charge on any atom is -0.465 e. The molecule has 2 rings (SSSR count). The van der Waals surface area contributed by atoms with Crippen molar-refractivity contribution < 1.29 is 14.6 Å². The molecule has 1 aromatic rings. The highest BCUT2D eigenvalue weighted by Crippen LogP contribution is 2.28. The summed E-state index contributed by atoms with van der Waals surface area (Å²) in [6, 6.07) is 8.08. The van der Waals surface area contributed by atoms with Crippen LogP contribution in [0.4, 0.5) is 4.79 Å². The first kappa shape index (κ1) is 14.9. The molecular formula is C16H23NO3. The van der Waals surface area contributed by atoms with Gasteiger partial charge in [-0.3, -0.25) is 4.90 Å². The van der Waals surface area contributed by atoms with E-state index in [0.29, 0.717) is 13.0 Å². The highest BCUT2D eigenvalue weighted by Gasteiger charge is 2.43. The number of ether oxygens (including phenoxy) is 1. The van der Waals surface area contributed by atoms with E-state index < -0.39 is 11.6 Å². The molecule has 1 heterocycles. The first-order chi connectivity index (χ1) is 9.29. The van der Waals surface area contributed by atoms with Gasteiger partial charge in [-0.05, 0) is 39.7 Å². The molecule has 0 unspecified atom stereocenters. The average molecular weight is 277 g/mol. The Bertz CT molecular complexity index is 489. The van der Waals surface area contributed by atoms with Crippen LogP contribution in [0.2, 0.25) is 0 Å². The van der Waals surface area contributed by atoms with Crippen LogP contribution in [-0.2, 0) is 11.2 Å². The van der Waals surface area contributed by atoms with Crippen LogP contribution >= 0.6 is 0 Å². The largest absolute Gasteiger partial charge is 0.465 e. The van der Waals surface area contributed by atoms with Crippen LogP contribution in [0.1, 0.15) is 31.9 Å². The molecule has 0 radical (unpaired) electrons. The molecule has 1 N–H and O–H groups in total. The van der Waals surface area contributed by atoms with E-state index in [1.54, 1.807) is 0 Å². The third kappa shape index (κ3) is 3.51. The van der Waals surface area contributed by atoms with Gasteiger partial charge in [-0.25, -0.2) is 4.79 Å². The fourth-order valence-corrected chi connectivity index (χ4v) is 2.67. The summed E-state index contributed by atoms with van der Waals surface area (Å²) in [5.41, 5.74) is 1.91. The number of epoxide rings is 1. The van der Waals surface area contributed by atoms with Crippen molar-refractivity contribution in [2.75, 3.05) is 6.61 Å². The number of amides is 1. The number of carboxylic acid groups (broad SMARTS) is 1. The predicted octanol–water partition coefficient (Wildman–Crippen LogP) is 3.08. The van der Waals surface area contributed by atoms with Gasteiger partial charge in [-0.2, -0.15) is 0 Å². The standard InChI is InChI=1S/C16H23NO3/c1-11-6-5-7-12(8-11)9-13(14-10-20-14)17(15(18)19)16(2,3)4/h5-8,13-14H,9-10H2,1-4H3,(H,18,19)/t13-,14+/m0/s1. The van der Waals surface area contributed by atoms with E-state index in [1.165, 1.54) is 10.5 Å². The molecule has 0 aliphatic carbocycles. The second kappa shape index (κ2) is 5.44. The molecule has 1 aliphatic heterocycles. The number of aryl methyl sites for hydroxylation is 1. The van der Waals surface area contributed by atoms with Crippen LogP contribution < -0.4 is 0 Å². The maximum absolute atomic E-state index is 11.6. The van der Waals surface area contributed by atoms with Gasteiger partial charge in [-0.1, -0.05) is 29.8 Å². The summed E-state index contributed by atoms with van der Waals surface area (Å²) in [5, 5.41) is 9.56. The molecule has 2 atom stereocenters. The zero-order valence-electron chi connectivity index (χ0n) is 12.6. The summed E-state index contributed by atoms with van der Waals surface area (Å²) < 4.78 is 5.39. The summed E-state index contributed by atoms with van der Waals surface area (Å²) in [6.45, 7) is 8.47. The lowest BCUT2D eigenvalue weighted by molar-refractivity contribution is 0.0594. The SMILES string of the molecule is Cc1cccc(C[C@@H]([C@H]2CO2)N(C(=O)O)C(C)(C)C)c1. The zero-order valence-corrected chi connectivity index (χ0v) is 12.6. The van der Waals surface area contributed by atoms with Crippen molar-refractivity contribution in [1.29, 1.82) is 0 Å². The highest BCUT2D eigenvalue weighted by molar-refractivity contribution is 5.66. The topological polar surface area (TPSA) is 53.1 Å². The molecule has 110 valence electrons. The second-order valence-corrected chi connectivity index (χ2v) is 6.46. The van der Waals surface area contributed by atoms with E-state index in [0.717, 1.165) is 5.56 Å². The Morgan fingerprint density at radius 2 is 2.15 bits per heavy atom. The maximum atomic E-state index is 11.6. The smallest absolute Gasteiger partial charge is 0.408 e. The predicted molar refractivity (Wildman–Crippen MR) is 78.0 cm³/mol. The van der Waals surface area contributed by atoms with Crippen molar-refractivity contribution in [2.24, 2.45) is 0 Å². The number of rotatable bonds is 4. The van der Waals surface area contributed by atoms with E-state index in [-0.39, 0.29) is 12.1 Å². The first-order valence-electron chi connectivity index (χ1n) is 6.98. The molecule has 1 saturated heterocycles. The summed E-state index contributed by atoms with van der Waals surface area (Å²) in [6.07, 6.45) is -0.174. The molecule has 1 fully saturated rings. The van der Waals surface area contributed by atoms with Crippen LogP contribution in [0.15, 0.2) is 24.3 Å². The van der Waals surface area contributed by atoms with Gasteiger partial charge in [-0.15, -0.1) is 0 Å². The molecule has 1 amide bonds. The molecule has 0 spiro atoms. The van der Waals surface area contributed by atoms with E-state index in [2.05, 4.69) is 6.07 Å².